The molecule has 8 heteroatoms. The minimum atomic E-state index is -0.471. The molecule has 1 aliphatic carbocycles. The van der Waals surface area contributed by atoms with E-state index in [4.69, 9.17) is 4.74 Å². The highest BCUT2D eigenvalue weighted by atomic mass is 16.6. The molecule has 2 atom stereocenters. The van der Waals surface area contributed by atoms with E-state index in [1.54, 1.807) is 7.11 Å². The van der Waals surface area contributed by atoms with E-state index in [1.165, 1.54) is 6.20 Å². The van der Waals surface area contributed by atoms with Crippen LogP contribution in [-0.2, 0) is 4.74 Å². The van der Waals surface area contributed by atoms with E-state index in [0.717, 1.165) is 19.3 Å². The van der Waals surface area contributed by atoms with E-state index in [9.17, 15) is 10.1 Å². The van der Waals surface area contributed by atoms with Gasteiger partial charge in [0.05, 0.1) is 11.0 Å². The quantitative estimate of drug-likeness (QED) is 0.605. The lowest BCUT2D eigenvalue weighted by atomic mass is 10.2. The van der Waals surface area contributed by atoms with Crippen LogP contribution in [0.3, 0.4) is 0 Å². The first-order valence-electron chi connectivity index (χ1n) is 6.68. The highest BCUT2D eigenvalue weighted by Gasteiger charge is 2.27. The van der Waals surface area contributed by atoms with Crippen molar-refractivity contribution in [3.8, 4) is 0 Å². The molecule has 0 aliphatic heterocycles. The Morgan fingerprint density at radius 3 is 2.95 bits per heavy atom. The number of aromatic nitrogens is 2. The summed E-state index contributed by atoms with van der Waals surface area (Å²) in [4.78, 5) is 18.7. The van der Waals surface area contributed by atoms with Crippen LogP contribution < -0.4 is 10.6 Å². The summed E-state index contributed by atoms with van der Waals surface area (Å²) < 4.78 is 5.30. The second-order valence-corrected chi connectivity index (χ2v) is 4.73. The third-order valence-corrected chi connectivity index (χ3v) is 3.36. The summed E-state index contributed by atoms with van der Waals surface area (Å²) in [6, 6.07) is 0.142. The van der Waals surface area contributed by atoms with Crippen LogP contribution in [0.1, 0.15) is 26.2 Å². The van der Waals surface area contributed by atoms with Gasteiger partial charge in [-0.15, -0.1) is 0 Å². The number of nitro groups is 1. The predicted octanol–water partition coefficient (Wildman–Crippen LogP) is 1.80. The summed E-state index contributed by atoms with van der Waals surface area (Å²) >= 11 is 0. The van der Waals surface area contributed by atoms with Crippen molar-refractivity contribution >= 4 is 17.5 Å². The lowest BCUT2D eigenvalue weighted by molar-refractivity contribution is -0.384. The molecule has 0 saturated heterocycles. The van der Waals surface area contributed by atoms with Crippen molar-refractivity contribution in [2.24, 2.45) is 0 Å². The highest BCUT2D eigenvalue weighted by molar-refractivity contribution is 5.57. The molecule has 0 aromatic carbocycles. The first-order chi connectivity index (χ1) is 9.63. The Labute approximate surface area is 117 Å². The normalized spacial score (nSPS) is 21.7. The van der Waals surface area contributed by atoms with Crippen molar-refractivity contribution in [1.82, 2.24) is 9.97 Å². The maximum Gasteiger partial charge on any atom is 0.329 e. The molecule has 0 radical (unpaired) electrons. The Kier molecular flexibility index (Phi) is 4.67. The van der Waals surface area contributed by atoms with Gasteiger partial charge in [-0.3, -0.25) is 10.1 Å². The lowest BCUT2D eigenvalue weighted by Crippen LogP contribution is -2.19. The number of rotatable bonds is 6. The first kappa shape index (κ1) is 14.4. The van der Waals surface area contributed by atoms with Gasteiger partial charge in [-0.05, 0) is 26.2 Å². The molecule has 20 heavy (non-hydrogen) atoms. The fourth-order valence-electron chi connectivity index (χ4n) is 2.34. The van der Waals surface area contributed by atoms with Gasteiger partial charge in [0.15, 0.2) is 0 Å². The summed E-state index contributed by atoms with van der Waals surface area (Å²) in [6.45, 7) is 2.57. The molecule has 1 fully saturated rings. The van der Waals surface area contributed by atoms with E-state index in [2.05, 4.69) is 20.6 Å². The van der Waals surface area contributed by atoms with Crippen LogP contribution in [-0.4, -0.2) is 40.7 Å². The zero-order valence-corrected chi connectivity index (χ0v) is 11.6. The molecule has 0 bridgehead atoms. The average Bonchev–Trinajstić information content (AvgIpc) is 2.87. The van der Waals surface area contributed by atoms with E-state index < -0.39 is 4.92 Å². The molecule has 8 nitrogen and oxygen atoms in total. The predicted molar refractivity (Wildman–Crippen MR) is 74.9 cm³/mol. The van der Waals surface area contributed by atoms with E-state index in [1.807, 2.05) is 6.92 Å². The monoisotopic (exact) mass is 281 g/mol. The second-order valence-electron chi connectivity index (χ2n) is 4.73. The van der Waals surface area contributed by atoms with Crippen molar-refractivity contribution in [3.05, 3.63) is 16.3 Å². The van der Waals surface area contributed by atoms with Crippen molar-refractivity contribution < 1.29 is 9.66 Å². The third-order valence-electron chi connectivity index (χ3n) is 3.36. The number of hydrogen-bond acceptors (Lipinski definition) is 7. The molecule has 1 aliphatic rings. The number of nitrogens with one attached hydrogen (secondary N) is 2. The van der Waals surface area contributed by atoms with Gasteiger partial charge in [-0.2, -0.15) is 4.98 Å². The van der Waals surface area contributed by atoms with Crippen molar-refractivity contribution in [1.29, 1.82) is 0 Å². The fourth-order valence-corrected chi connectivity index (χ4v) is 2.34. The van der Waals surface area contributed by atoms with Crippen LogP contribution in [0, 0.1) is 10.1 Å². The van der Waals surface area contributed by atoms with Crippen LogP contribution >= 0.6 is 0 Å². The molecular formula is C12H19N5O3. The molecule has 2 rings (SSSR count). The van der Waals surface area contributed by atoms with Crippen molar-refractivity contribution in [2.75, 3.05) is 24.3 Å². The number of methoxy groups -OCH3 is 1. The van der Waals surface area contributed by atoms with Gasteiger partial charge < -0.3 is 15.4 Å². The summed E-state index contributed by atoms with van der Waals surface area (Å²) in [5.74, 6) is 0.657. The van der Waals surface area contributed by atoms with Gasteiger partial charge in [-0.1, -0.05) is 0 Å². The molecule has 0 spiro atoms. The molecule has 0 amide bonds. The average molecular weight is 281 g/mol. The second kappa shape index (κ2) is 6.47. The highest BCUT2D eigenvalue weighted by Crippen LogP contribution is 2.28. The van der Waals surface area contributed by atoms with Gasteiger partial charge in [0.1, 0.15) is 6.20 Å². The Bertz CT molecular complexity index is 482. The molecule has 110 valence electrons. The fraction of sp³-hybridized carbons (Fsp3) is 0.667. The Hall–Kier alpha value is -1.96. The van der Waals surface area contributed by atoms with Gasteiger partial charge in [0.2, 0.25) is 11.8 Å². The SMILES string of the molecule is CCNc1ncc([N+](=O)[O-])c(NC2CCC(OC)C2)n1. The number of anilines is 2. The summed E-state index contributed by atoms with van der Waals surface area (Å²) in [7, 11) is 1.68. The summed E-state index contributed by atoms with van der Waals surface area (Å²) in [5, 5.41) is 17.1. The Balaban J connectivity index is 2.15. The zero-order valence-electron chi connectivity index (χ0n) is 11.6. The van der Waals surface area contributed by atoms with Crippen molar-refractivity contribution in [3.63, 3.8) is 0 Å². The standard InChI is InChI=1S/C12H19N5O3/c1-3-13-12-14-7-10(17(18)19)11(16-12)15-8-4-5-9(6-8)20-2/h7-9H,3-6H2,1-2H3,(H2,13,14,15,16). The number of hydrogen-bond donors (Lipinski definition) is 2. The smallest absolute Gasteiger partial charge is 0.329 e. The van der Waals surface area contributed by atoms with Crippen molar-refractivity contribution in [2.45, 2.75) is 38.3 Å². The maximum atomic E-state index is 11.0. The molecule has 2 unspecified atom stereocenters. The minimum Gasteiger partial charge on any atom is -0.381 e. The molecule has 1 aromatic heterocycles. The first-order valence-corrected chi connectivity index (χ1v) is 6.68. The number of ether oxygens (including phenoxy) is 1. The van der Waals surface area contributed by atoms with E-state index in [0.29, 0.717) is 12.5 Å². The van der Waals surface area contributed by atoms with Gasteiger partial charge in [0, 0.05) is 19.7 Å². The largest absolute Gasteiger partial charge is 0.381 e. The molecular weight excluding hydrogens is 262 g/mol. The molecule has 1 saturated carbocycles. The van der Waals surface area contributed by atoms with Crippen LogP contribution in [0.25, 0.3) is 0 Å². The van der Waals surface area contributed by atoms with E-state index >= 15 is 0 Å². The lowest BCUT2D eigenvalue weighted by Gasteiger charge is -2.14. The van der Waals surface area contributed by atoms with Crippen LogP contribution in [0.4, 0.5) is 17.5 Å². The third kappa shape index (κ3) is 3.32. The number of nitrogens with zero attached hydrogens (tertiary/aromatic N) is 3. The van der Waals surface area contributed by atoms with Gasteiger partial charge in [0.25, 0.3) is 0 Å². The molecule has 2 N–H and O–H groups in total. The Morgan fingerprint density at radius 1 is 1.55 bits per heavy atom. The molecule has 1 heterocycles. The van der Waals surface area contributed by atoms with Gasteiger partial charge in [-0.25, -0.2) is 4.98 Å². The van der Waals surface area contributed by atoms with Gasteiger partial charge >= 0.3 is 5.69 Å². The topological polar surface area (TPSA) is 102 Å². The maximum absolute atomic E-state index is 11.0. The van der Waals surface area contributed by atoms with Crippen LogP contribution in [0.15, 0.2) is 6.20 Å². The van der Waals surface area contributed by atoms with Crippen LogP contribution in [0.5, 0.6) is 0 Å². The molecule has 1 aromatic rings. The Morgan fingerprint density at radius 2 is 2.35 bits per heavy atom. The zero-order chi connectivity index (χ0) is 14.5. The summed E-state index contributed by atoms with van der Waals surface area (Å²) in [5.41, 5.74) is -0.104. The van der Waals surface area contributed by atoms with E-state index in [-0.39, 0.29) is 23.7 Å². The minimum absolute atomic E-state index is 0.104. The summed E-state index contributed by atoms with van der Waals surface area (Å²) in [6.07, 6.45) is 4.13. The van der Waals surface area contributed by atoms with Crippen LogP contribution in [0.2, 0.25) is 0 Å².